The van der Waals surface area contributed by atoms with Crippen LogP contribution in [0.5, 0.6) is 0 Å². The number of nitrogens with zero attached hydrogens (tertiary/aromatic N) is 11. The van der Waals surface area contributed by atoms with Gasteiger partial charge >= 0.3 is 6.18 Å². The second-order valence-corrected chi connectivity index (χ2v) is 44.6. The van der Waals surface area contributed by atoms with E-state index in [4.69, 9.17) is 27.6 Å². The number of benzene rings is 4. The van der Waals surface area contributed by atoms with E-state index in [1.807, 2.05) is 77.6 Å². The molecule has 145 heavy (non-hydrogen) atoms. The molecule has 19 rings (SSSR count). The second-order valence-electron chi connectivity index (χ2n) is 44.6. The minimum Gasteiger partial charge on any atom is -0.449 e. The highest BCUT2D eigenvalue weighted by Crippen LogP contribution is 2.52. The number of piperidine rings is 1. The Bertz CT molecular complexity index is 7150. The molecule has 6 fully saturated rings. The standard InChI is InChI=1S/C30H36FN3O4.C29H30F4N2O4.C28H30FN5O3.C24H26FN3O3/c1-28(2,3)21-13-22(18-7-9-20(31)10-8-18)32-23-14-24(38-25(21)23)27(36)34-12-11-33(17-29(34,4)5)26(35)19-15-30(6,37)16-19;1-4-16-11-21(17-5-7-20(30)8-6-17)34-22-12-23(39-25(16)22)26(37)35-10-9-18(13-27(35,2)3)24(36)19-14-28(38,15-19)29(31,32)33;1-27(2,3)19-14-21(17-6-8-18(29)9-7-17)31-22-15-23(37-24(19)22)26(36)34-13-12-33(16-28(34,4)5)25(35)20-10-11-30-32-20;1-23(2,3)16-12-17(14-6-8-15(25)9-7-14)27-18-13-19(31-20(16)18)21(29)28-11-10-26-22(30)24(28,4)5/h7-10,13-14,19,37H,11-12,15-17H2,1-6H3;5-8,11-12,18-19,38H,4,9-10,13-15H2,1-3H3;6-11,14-15H,12-13,16H2,1-5H3,(H,30,32);6-9,12-13H,10-11H2,1-5H3,(H,26,30). The number of carbonyl (C=O) groups is 8. The first kappa shape index (κ1) is 104. The largest absolute Gasteiger partial charge is 0.449 e. The Morgan fingerprint density at radius 2 is 0.772 bits per heavy atom. The molecular formula is C111H122F7N13O14. The number of hydrogen-bond donors (Lipinski definition) is 4. The number of pyridine rings is 4. The summed E-state index contributed by atoms with van der Waals surface area (Å²) in [5.41, 5.74) is 6.74. The highest BCUT2D eigenvalue weighted by molar-refractivity contribution is 6.03. The molecule has 2 aliphatic carbocycles. The van der Waals surface area contributed by atoms with Crippen molar-refractivity contribution in [2.24, 2.45) is 17.8 Å². The smallest absolute Gasteiger partial charge is 0.417 e. The summed E-state index contributed by atoms with van der Waals surface area (Å²) in [7, 11) is 0. The number of alkyl halides is 3. The maximum atomic E-state index is 13.7. The van der Waals surface area contributed by atoms with Gasteiger partial charge in [0.05, 0.1) is 39.5 Å². The fourth-order valence-electron chi connectivity index (χ4n) is 20.3. The monoisotopic (exact) mass is 1990 g/mol. The van der Waals surface area contributed by atoms with Gasteiger partial charge in [0.2, 0.25) is 11.8 Å². The Morgan fingerprint density at radius 1 is 0.414 bits per heavy atom. The number of fused-ring (bicyclic) bond motifs is 4. The number of aromatic nitrogens is 6. The van der Waals surface area contributed by atoms with E-state index >= 15 is 0 Å². The Morgan fingerprint density at radius 3 is 1.12 bits per heavy atom. The average molecular weight is 2000 g/mol. The molecule has 0 radical (unpaired) electrons. The maximum Gasteiger partial charge on any atom is 0.417 e. The number of furan rings is 4. The van der Waals surface area contributed by atoms with E-state index in [0.29, 0.717) is 157 Å². The fraction of sp³-hybridized carbons (Fsp3) is 0.432. The first-order chi connectivity index (χ1) is 67.8. The molecule has 4 N–H and O–H groups in total. The molecular weight excluding hydrogens is 1870 g/mol. The molecule has 7 amide bonds. The van der Waals surface area contributed by atoms with Gasteiger partial charge in [-0.3, -0.25) is 43.5 Å². The van der Waals surface area contributed by atoms with Crippen molar-refractivity contribution in [3.05, 3.63) is 232 Å². The zero-order chi connectivity index (χ0) is 105. The van der Waals surface area contributed by atoms with Gasteiger partial charge in [-0.05, 0) is 256 Å². The molecule has 1 atom stereocenters. The lowest BCUT2D eigenvalue weighted by molar-refractivity contribution is -0.296. The Kier molecular flexibility index (Phi) is 27.7. The van der Waals surface area contributed by atoms with Crippen LogP contribution in [0.25, 0.3) is 89.4 Å². The highest BCUT2D eigenvalue weighted by Gasteiger charge is 2.63. The molecule has 34 heteroatoms. The molecule has 13 aromatic rings. The number of nitrogens with one attached hydrogen (secondary N) is 2. The van der Waals surface area contributed by atoms with Crippen molar-refractivity contribution >= 4 is 91.5 Å². The number of aromatic amines is 1. The van der Waals surface area contributed by atoms with Crippen molar-refractivity contribution in [1.82, 2.24) is 64.8 Å². The maximum absolute atomic E-state index is 13.7. The van der Waals surface area contributed by atoms with E-state index in [-0.39, 0.29) is 122 Å². The molecule has 0 bridgehead atoms. The predicted octanol–water partition coefficient (Wildman–Crippen LogP) is 20.6. The first-order valence-electron chi connectivity index (χ1n) is 48.8. The molecule has 0 spiro atoms. The summed E-state index contributed by atoms with van der Waals surface area (Å²) in [6, 6.07) is 40.4. The summed E-state index contributed by atoms with van der Waals surface area (Å²) < 4.78 is 117. The molecule has 4 aromatic carbocycles. The van der Waals surface area contributed by atoms with Crippen molar-refractivity contribution in [2.45, 2.75) is 232 Å². The molecule has 4 aliphatic heterocycles. The van der Waals surface area contributed by atoms with Crippen LogP contribution in [0.3, 0.4) is 0 Å². The van der Waals surface area contributed by atoms with Gasteiger partial charge in [0, 0.05) is 152 Å². The molecule has 6 aliphatic rings. The van der Waals surface area contributed by atoms with Gasteiger partial charge in [-0.15, -0.1) is 0 Å². The van der Waals surface area contributed by atoms with Gasteiger partial charge in [0.25, 0.3) is 29.5 Å². The SMILES string of the molecule is CC(C)(C)c1cc(-c2ccc(F)cc2)nc2cc(C(=O)N3CCN(C(=O)c4ccn[nH]4)CC3(C)C)oc12.CC(C)(C)c1cc(-c2ccc(F)cc2)nc2cc(C(=O)N3CCNC(=O)C3(C)C)oc12.CC1(O)CC(C(=O)N2CCN(C(=O)c3cc4nc(-c5ccc(F)cc5)cc(C(C)(C)C)c4o3)C(C)(C)C2)C1.CCc1cc(-c2ccc(F)cc2)nc2cc(C(=O)N3CCC(C(=O)C4CC(O)(C(F)(F)F)C4)CC3(C)C)oc12. The van der Waals surface area contributed by atoms with Crippen LogP contribution in [0, 0.1) is 41.0 Å². The van der Waals surface area contributed by atoms with Gasteiger partial charge in [-0.1, -0.05) is 69.2 Å². The highest BCUT2D eigenvalue weighted by atomic mass is 19.4. The van der Waals surface area contributed by atoms with Crippen molar-refractivity contribution in [1.29, 1.82) is 0 Å². The molecule has 4 saturated heterocycles. The fourth-order valence-corrected chi connectivity index (χ4v) is 20.3. The minimum absolute atomic E-state index is 0.0489. The van der Waals surface area contributed by atoms with Gasteiger partial charge in [0.1, 0.15) is 62.4 Å². The van der Waals surface area contributed by atoms with Crippen molar-refractivity contribution in [3.8, 4) is 45.0 Å². The number of H-pyrrole nitrogens is 1. The van der Waals surface area contributed by atoms with Crippen LogP contribution in [0.2, 0.25) is 0 Å². The number of aliphatic hydroxyl groups is 2. The molecule has 2 saturated carbocycles. The predicted molar refractivity (Wildman–Crippen MR) is 532 cm³/mol. The molecule has 13 heterocycles. The number of aryl methyl sites for hydroxylation is 1. The number of carbonyl (C=O) groups excluding carboxylic acids is 8. The summed E-state index contributed by atoms with van der Waals surface area (Å²) in [5, 5.41) is 29.1. The zero-order valence-corrected chi connectivity index (χ0v) is 84.9. The number of piperazine rings is 3. The van der Waals surface area contributed by atoms with Crippen molar-refractivity contribution in [2.75, 3.05) is 58.9 Å². The number of amides is 7. The molecule has 764 valence electrons. The average Bonchev–Trinajstić information content (AvgIpc) is 1.46. The minimum atomic E-state index is -4.75. The van der Waals surface area contributed by atoms with Crippen LogP contribution in [-0.2, 0) is 37.0 Å². The normalized spacial score (nSPS) is 20.4. The topological polar surface area (TPSA) is 341 Å². The molecule has 1 unspecified atom stereocenters. The Labute approximate surface area is 835 Å². The second kappa shape index (κ2) is 38.7. The quantitative estimate of drug-likeness (QED) is 0.0779. The van der Waals surface area contributed by atoms with Gasteiger partial charge < -0.3 is 62.6 Å². The lowest BCUT2D eigenvalue weighted by atomic mass is 9.64. The van der Waals surface area contributed by atoms with Crippen molar-refractivity contribution in [3.63, 3.8) is 0 Å². The molecule has 9 aromatic heterocycles. The summed E-state index contributed by atoms with van der Waals surface area (Å²) in [5.74, 6) is -3.88. The van der Waals surface area contributed by atoms with Crippen LogP contribution >= 0.6 is 0 Å². The lowest BCUT2D eigenvalue weighted by Gasteiger charge is -2.49. The van der Waals surface area contributed by atoms with Crippen LogP contribution < -0.4 is 5.32 Å². The van der Waals surface area contributed by atoms with E-state index in [1.54, 1.807) is 125 Å². The van der Waals surface area contributed by atoms with Gasteiger partial charge in [0.15, 0.2) is 51.0 Å². The summed E-state index contributed by atoms with van der Waals surface area (Å²) in [4.78, 5) is 134. The summed E-state index contributed by atoms with van der Waals surface area (Å²) >= 11 is 0. The summed E-state index contributed by atoms with van der Waals surface area (Å²) in [6.07, 6.45) is -2.23. The molecule has 27 nitrogen and oxygen atoms in total. The van der Waals surface area contributed by atoms with E-state index in [9.17, 15) is 79.3 Å². The number of rotatable bonds is 13. The number of Topliss-reactive ketones (excluding diaryl/α,β-unsaturated/α-hetero) is 1. The van der Waals surface area contributed by atoms with E-state index in [1.165, 1.54) is 53.4 Å². The van der Waals surface area contributed by atoms with E-state index < -0.39 is 64.2 Å². The zero-order valence-electron chi connectivity index (χ0n) is 84.9. The number of halogens is 7. The van der Waals surface area contributed by atoms with Gasteiger partial charge in [-0.2, -0.15) is 18.3 Å². The third-order valence-corrected chi connectivity index (χ3v) is 28.6. The summed E-state index contributed by atoms with van der Waals surface area (Å²) in [6.45, 7) is 40.6. The lowest BCUT2D eigenvalue weighted by Crippen LogP contribution is -2.63. The third-order valence-electron chi connectivity index (χ3n) is 28.6. The number of likely N-dealkylation sites (tertiary alicyclic amines) is 1. The third kappa shape index (κ3) is 21.4. The number of hydrogen-bond acceptors (Lipinski definition) is 19. The first-order valence-corrected chi connectivity index (χ1v) is 48.8. The van der Waals surface area contributed by atoms with Gasteiger partial charge in [-0.25, -0.2) is 37.5 Å². The van der Waals surface area contributed by atoms with E-state index in [0.717, 1.165) is 44.5 Å². The van der Waals surface area contributed by atoms with Crippen molar-refractivity contribution < 1.29 is 97.0 Å². The van der Waals surface area contributed by atoms with Crippen LogP contribution in [0.15, 0.2) is 176 Å². The Balaban J connectivity index is 0.000000139. The van der Waals surface area contributed by atoms with E-state index in [2.05, 4.69) is 87.8 Å². The number of ketones is 1. The Hall–Kier alpha value is -13.8. The van der Waals surface area contributed by atoms with Crippen LogP contribution in [0.4, 0.5) is 30.7 Å². The van der Waals surface area contributed by atoms with Crippen LogP contribution in [0.1, 0.15) is 245 Å². The van der Waals surface area contributed by atoms with Crippen LogP contribution in [-0.4, -0.2) is 215 Å².